The van der Waals surface area contributed by atoms with E-state index >= 15 is 0 Å². The van der Waals surface area contributed by atoms with Crippen molar-refractivity contribution in [1.29, 1.82) is 5.41 Å². The molecule has 4 rings (SSSR count). The van der Waals surface area contributed by atoms with Crippen molar-refractivity contribution in [3.63, 3.8) is 0 Å². The Morgan fingerprint density at radius 3 is 2.84 bits per heavy atom. The lowest BCUT2D eigenvalue weighted by Gasteiger charge is -2.57. The predicted molar refractivity (Wildman–Crippen MR) is 114 cm³/mol. The first kappa shape index (κ1) is 21.5. The summed E-state index contributed by atoms with van der Waals surface area (Å²) in [5, 5.41) is 13.1. The molecule has 1 aliphatic carbocycles. The molecule has 1 saturated carbocycles. The maximum absolute atomic E-state index is 15.0. The minimum atomic E-state index is -3.35. The van der Waals surface area contributed by atoms with E-state index in [0.717, 1.165) is 10.5 Å². The maximum Gasteiger partial charge on any atom is 0.274 e. The first-order valence-electron chi connectivity index (χ1n) is 9.67. The van der Waals surface area contributed by atoms with Crippen LogP contribution in [-0.2, 0) is 5.54 Å². The zero-order valence-corrected chi connectivity index (χ0v) is 17.8. The number of pyridine rings is 1. The highest BCUT2D eigenvalue weighted by molar-refractivity contribution is 8.23. The van der Waals surface area contributed by atoms with E-state index in [1.165, 1.54) is 31.3 Å². The van der Waals surface area contributed by atoms with Gasteiger partial charge in [-0.15, -0.1) is 10.8 Å². The molecule has 11 heteroatoms. The average Bonchev–Trinajstić information content (AvgIpc) is 3.13. The molecule has 2 fully saturated rings. The van der Waals surface area contributed by atoms with Crippen LogP contribution in [0.15, 0.2) is 30.5 Å². The number of hydrogen-bond acceptors (Lipinski definition) is 5. The number of hydrogen-bond donors (Lipinski definition) is 5. The fraction of sp³-hybridized carbons (Fsp3) is 0.350. The summed E-state index contributed by atoms with van der Waals surface area (Å²) in [6.07, 6.45) is 2.40. The van der Waals surface area contributed by atoms with Gasteiger partial charge in [-0.05, 0) is 56.0 Å². The highest BCUT2D eigenvalue weighted by atomic mass is 32.3. The number of aromatic nitrogens is 1. The van der Waals surface area contributed by atoms with Crippen molar-refractivity contribution in [1.82, 2.24) is 14.6 Å². The summed E-state index contributed by atoms with van der Waals surface area (Å²) in [5.41, 5.74) is -0.367. The summed E-state index contributed by atoms with van der Waals surface area (Å²) in [6.45, 7) is 1.56. The zero-order valence-electron chi connectivity index (χ0n) is 16.9. The van der Waals surface area contributed by atoms with E-state index in [1.54, 1.807) is 6.92 Å². The van der Waals surface area contributed by atoms with Crippen LogP contribution in [0.4, 0.5) is 14.5 Å². The lowest BCUT2D eigenvalue weighted by Crippen LogP contribution is -2.63. The van der Waals surface area contributed by atoms with Crippen LogP contribution in [0.5, 0.6) is 0 Å². The van der Waals surface area contributed by atoms with Gasteiger partial charge in [-0.2, -0.15) is 0 Å². The molecule has 5 N–H and O–H groups in total. The minimum absolute atomic E-state index is 0.0394. The normalized spacial score (nSPS) is 25.5. The number of fused-ring (bicyclic) bond motifs is 1. The van der Waals surface area contributed by atoms with Gasteiger partial charge in [-0.3, -0.25) is 19.3 Å². The van der Waals surface area contributed by atoms with Crippen LogP contribution < -0.4 is 10.6 Å². The molecule has 2 aliphatic rings. The van der Waals surface area contributed by atoms with E-state index in [1.807, 2.05) is 0 Å². The topological polar surface area (TPSA) is 122 Å². The van der Waals surface area contributed by atoms with Gasteiger partial charge in [0.05, 0.1) is 17.0 Å². The van der Waals surface area contributed by atoms with Gasteiger partial charge in [0.25, 0.3) is 5.91 Å². The number of nitrogens with one attached hydrogen (secondary N) is 3. The Morgan fingerprint density at radius 1 is 1.39 bits per heavy atom. The third kappa shape index (κ3) is 3.42. The Hall–Kier alpha value is -2.76. The number of carbonyl (C=O) groups excluding carboxylic acids is 1. The fourth-order valence-corrected chi connectivity index (χ4v) is 6.47. The molecule has 1 aromatic carbocycles. The van der Waals surface area contributed by atoms with E-state index in [-0.39, 0.29) is 22.9 Å². The number of anilines is 1. The lowest BCUT2D eigenvalue weighted by atomic mass is 9.86. The molecule has 1 aliphatic heterocycles. The summed E-state index contributed by atoms with van der Waals surface area (Å²) in [5.74, 6) is -1.93. The SMILES string of the molecule is Cc1cc(F)cnc1C(=O)Nc1ccc(F)c([C@]23CCC[C@H]2S(O)(O)N(C)C(=N)N3)c1. The average molecular weight is 451 g/mol. The van der Waals surface area contributed by atoms with Gasteiger partial charge < -0.3 is 10.6 Å². The van der Waals surface area contributed by atoms with E-state index in [9.17, 15) is 22.7 Å². The van der Waals surface area contributed by atoms with Gasteiger partial charge in [0.2, 0.25) is 5.96 Å². The van der Waals surface area contributed by atoms with Crippen LogP contribution in [0.3, 0.4) is 0 Å². The highest BCUT2D eigenvalue weighted by Gasteiger charge is 2.57. The molecule has 8 nitrogen and oxygen atoms in total. The minimum Gasteiger partial charge on any atom is -0.344 e. The number of carbonyl (C=O) groups is 1. The monoisotopic (exact) mass is 451 g/mol. The Kier molecular flexibility index (Phi) is 5.15. The van der Waals surface area contributed by atoms with Crippen LogP contribution in [0.2, 0.25) is 0 Å². The smallest absolute Gasteiger partial charge is 0.274 e. The molecule has 0 radical (unpaired) electrons. The molecule has 166 valence electrons. The van der Waals surface area contributed by atoms with E-state index in [4.69, 9.17) is 5.41 Å². The number of benzene rings is 1. The highest BCUT2D eigenvalue weighted by Crippen LogP contribution is 2.62. The first-order valence-corrected chi connectivity index (χ1v) is 11.2. The second-order valence-corrected chi connectivity index (χ2v) is 10.1. The van der Waals surface area contributed by atoms with Crippen molar-refractivity contribution in [3.8, 4) is 0 Å². The van der Waals surface area contributed by atoms with Crippen molar-refractivity contribution < 1.29 is 22.7 Å². The van der Waals surface area contributed by atoms with Gasteiger partial charge in [0, 0.05) is 18.3 Å². The molecule has 2 heterocycles. The Bertz CT molecular complexity index is 1080. The predicted octanol–water partition coefficient (Wildman–Crippen LogP) is 3.80. The first-order chi connectivity index (χ1) is 14.6. The van der Waals surface area contributed by atoms with Crippen molar-refractivity contribution in [2.45, 2.75) is 37.0 Å². The molecule has 0 unspecified atom stereocenters. The molecule has 0 bridgehead atoms. The summed E-state index contributed by atoms with van der Waals surface area (Å²) >= 11 is 0. The quantitative estimate of drug-likeness (QED) is 0.484. The van der Waals surface area contributed by atoms with Crippen LogP contribution in [0, 0.1) is 24.0 Å². The van der Waals surface area contributed by atoms with Gasteiger partial charge in [-0.1, -0.05) is 0 Å². The number of amides is 1. The van der Waals surface area contributed by atoms with Crippen molar-refractivity contribution in [2.24, 2.45) is 0 Å². The number of nitrogens with zero attached hydrogens (tertiary/aromatic N) is 2. The van der Waals surface area contributed by atoms with Crippen LogP contribution >= 0.6 is 10.8 Å². The number of aryl methyl sites for hydroxylation is 1. The Balaban J connectivity index is 1.71. The van der Waals surface area contributed by atoms with Crippen molar-refractivity contribution >= 4 is 28.3 Å². The summed E-state index contributed by atoms with van der Waals surface area (Å²) < 4.78 is 50.9. The van der Waals surface area contributed by atoms with Crippen molar-refractivity contribution in [3.05, 3.63) is 58.9 Å². The zero-order chi connectivity index (χ0) is 22.6. The molecule has 1 amide bonds. The fourth-order valence-electron chi connectivity index (χ4n) is 4.45. The van der Waals surface area contributed by atoms with Gasteiger partial charge in [0.15, 0.2) is 0 Å². The maximum atomic E-state index is 15.0. The molecule has 2 aromatic rings. The van der Waals surface area contributed by atoms with E-state index < -0.39 is 39.1 Å². The molecule has 31 heavy (non-hydrogen) atoms. The largest absolute Gasteiger partial charge is 0.344 e. The molecular formula is C20H23F2N5O3S. The molecule has 0 spiro atoms. The summed E-state index contributed by atoms with van der Waals surface area (Å²) in [4.78, 5) is 16.4. The molecule has 1 saturated heterocycles. The van der Waals surface area contributed by atoms with E-state index in [0.29, 0.717) is 24.8 Å². The summed E-state index contributed by atoms with van der Waals surface area (Å²) in [6, 6.07) is 5.20. The Morgan fingerprint density at radius 2 is 2.13 bits per heavy atom. The number of rotatable bonds is 3. The van der Waals surface area contributed by atoms with Gasteiger partial charge >= 0.3 is 0 Å². The van der Waals surface area contributed by atoms with Crippen molar-refractivity contribution in [2.75, 3.05) is 12.4 Å². The second-order valence-electron chi connectivity index (χ2n) is 7.85. The van der Waals surface area contributed by atoms with Crippen LogP contribution in [0.25, 0.3) is 0 Å². The summed E-state index contributed by atoms with van der Waals surface area (Å²) in [7, 11) is -1.94. The molecular weight excluding hydrogens is 428 g/mol. The van der Waals surface area contributed by atoms with Crippen LogP contribution in [0.1, 0.15) is 40.9 Å². The molecule has 2 atom stereocenters. The van der Waals surface area contributed by atoms with Gasteiger partial charge in [0.1, 0.15) is 17.3 Å². The molecule has 1 aromatic heterocycles. The van der Waals surface area contributed by atoms with Crippen LogP contribution in [-0.4, -0.2) is 42.6 Å². The number of guanidine groups is 1. The van der Waals surface area contributed by atoms with Gasteiger partial charge in [-0.25, -0.2) is 18.1 Å². The second kappa shape index (κ2) is 7.43. The number of halogens is 2. The Labute approximate surface area is 179 Å². The lowest BCUT2D eigenvalue weighted by molar-refractivity contribution is 0.102. The third-order valence-electron chi connectivity index (χ3n) is 5.99. The van der Waals surface area contributed by atoms with E-state index in [2.05, 4.69) is 15.6 Å². The third-order valence-corrected chi connectivity index (χ3v) is 8.38. The standard InChI is InChI=1S/C20H23F2N5O3S/c1-11-8-12(21)10-24-17(11)18(28)25-13-5-6-15(22)14(9-13)20-7-3-4-16(20)31(29,30)27(2)19(23)26-20/h5-6,8-10,16,29-30H,3-4,7H2,1-2H3,(H2,23,26)(H,25,28)/t16-,20-/m1/s1.